The highest BCUT2D eigenvalue weighted by atomic mass is 35.5. The monoisotopic (exact) mass is 246 g/mol. The average molecular weight is 247 g/mol. The molecule has 1 heterocycles. The van der Waals surface area contributed by atoms with Gasteiger partial charge in [0.15, 0.2) is 0 Å². The van der Waals surface area contributed by atoms with E-state index in [1.165, 1.54) is 13.2 Å². The molecule has 0 atom stereocenters. The molecule has 0 bridgehead atoms. The number of rotatable bonds is 5. The molecule has 0 fully saturated rings. The summed E-state index contributed by atoms with van der Waals surface area (Å²) in [6, 6.07) is 1.23. The summed E-state index contributed by atoms with van der Waals surface area (Å²) >= 11 is 5.74. The van der Waals surface area contributed by atoms with Gasteiger partial charge in [0, 0.05) is 13.2 Å². The fourth-order valence-electron chi connectivity index (χ4n) is 1.01. The fourth-order valence-corrected chi connectivity index (χ4v) is 1.15. The second kappa shape index (κ2) is 5.62. The molecule has 88 valence electrons. The van der Waals surface area contributed by atoms with E-state index in [2.05, 4.69) is 4.98 Å². The molecule has 0 aromatic carbocycles. The number of nitro groups is 1. The Bertz CT molecular complexity index is 397. The zero-order chi connectivity index (χ0) is 12.1. The summed E-state index contributed by atoms with van der Waals surface area (Å²) in [5, 5.41) is 11.0. The van der Waals surface area contributed by atoms with Gasteiger partial charge in [-0.05, 0) is 6.92 Å². The van der Waals surface area contributed by atoms with E-state index in [1.807, 2.05) is 0 Å². The molecule has 0 aliphatic rings. The summed E-state index contributed by atoms with van der Waals surface area (Å²) < 4.78 is 9.91. The van der Waals surface area contributed by atoms with Crippen molar-refractivity contribution in [2.45, 2.75) is 6.92 Å². The van der Waals surface area contributed by atoms with Crippen molar-refractivity contribution < 1.29 is 14.4 Å². The summed E-state index contributed by atoms with van der Waals surface area (Å²) in [5.74, 6) is -0.0380. The molecule has 0 radical (unpaired) electrons. The average Bonchev–Trinajstić information content (AvgIpc) is 2.23. The molecule has 0 aliphatic heterocycles. The molecular weight excluding hydrogens is 236 g/mol. The van der Waals surface area contributed by atoms with Crippen LogP contribution in [0.25, 0.3) is 0 Å². The van der Waals surface area contributed by atoms with Crippen molar-refractivity contribution in [2.24, 2.45) is 0 Å². The van der Waals surface area contributed by atoms with Gasteiger partial charge >= 0.3 is 5.69 Å². The van der Waals surface area contributed by atoms with Gasteiger partial charge in [0.05, 0.1) is 22.2 Å². The SMILES string of the molecule is COCCOc1nc(C)c(Cl)cc1[N+](=O)[O-]. The zero-order valence-corrected chi connectivity index (χ0v) is 9.65. The van der Waals surface area contributed by atoms with Crippen LogP contribution in [-0.4, -0.2) is 30.2 Å². The summed E-state index contributed by atoms with van der Waals surface area (Å²) in [6.07, 6.45) is 0. The maximum atomic E-state index is 10.7. The molecule has 6 nitrogen and oxygen atoms in total. The molecule has 0 aliphatic carbocycles. The van der Waals surface area contributed by atoms with Crippen LogP contribution in [0.4, 0.5) is 5.69 Å². The third kappa shape index (κ3) is 3.04. The molecule has 0 amide bonds. The first kappa shape index (κ1) is 12.7. The van der Waals surface area contributed by atoms with Gasteiger partial charge in [-0.15, -0.1) is 0 Å². The second-order valence-electron chi connectivity index (χ2n) is 2.98. The van der Waals surface area contributed by atoms with Crippen molar-refractivity contribution in [3.05, 3.63) is 26.9 Å². The summed E-state index contributed by atoms with van der Waals surface area (Å²) in [6.45, 7) is 2.18. The second-order valence-corrected chi connectivity index (χ2v) is 3.39. The molecule has 0 spiro atoms. The van der Waals surface area contributed by atoms with Gasteiger partial charge in [0.1, 0.15) is 6.61 Å². The van der Waals surface area contributed by atoms with Crippen molar-refractivity contribution in [3.8, 4) is 5.88 Å². The Labute approximate surface area is 97.3 Å². The predicted octanol–water partition coefficient (Wildman–Crippen LogP) is 1.98. The topological polar surface area (TPSA) is 74.5 Å². The third-order valence-electron chi connectivity index (χ3n) is 1.82. The van der Waals surface area contributed by atoms with E-state index in [0.29, 0.717) is 12.3 Å². The van der Waals surface area contributed by atoms with E-state index in [-0.39, 0.29) is 23.2 Å². The first-order valence-electron chi connectivity index (χ1n) is 4.49. The quantitative estimate of drug-likeness (QED) is 0.451. The molecule has 1 rings (SSSR count). The maximum Gasteiger partial charge on any atom is 0.332 e. The van der Waals surface area contributed by atoms with Crippen molar-refractivity contribution in [2.75, 3.05) is 20.3 Å². The Kier molecular flexibility index (Phi) is 4.45. The smallest absolute Gasteiger partial charge is 0.332 e. The van der Waals surface area contributed by atoms with E-state index in [0.717, 1.165) is 0 Å². The van der Waals surface area contributed by atoms with E-state index in [4.69, 9.17) is 21.1 Å². The number of nitrogens with zero attached hydrogens (tertiary/aromatic N) is 2. The Morgan fingerprint density at radius 3 is 2.81 bits per heavy atom. The van der Waals surface area contributed by atoms with Crippen LogP contribution in [0.5, 0.6) is 5.88 Å². The van der Waals surface area contributed by atoms with Gasteiger partial charge in [-0.1, -0.05) is 11.6 Å². The largest absolute Gasteiger partial charge is 0.470 e. The Morgan fingerprint density at radius 2 is 2.25 bits per heavy atom. The number of pyridine rings is 1. The lowest BCUT2D eigenvalue weighted by Crippen LogP contribution is -2.08. The van der Waals surface area contributed by atoms with Crippen LogP contribution < -0.4 is 4.74 Å². The first-order valence-corrected chi connectivity index (χ1v) is 4.87. The highest BCUT2D eigenvalue weighted by molar-refractivity contribution is 6.31. The Balaban J connectivity index is 2.95. The van der Waals surface area contributed by atoms with Crippen LogP contribution in [0.2, 0.25) is 5.02 Å². The van der Waals surface area contributed by atoms with Crippen molar-refractivity contribution in [1.29, 1.82) is 0 Å². The lowest BCUT2D eigenvalue weighted by atomic mass is 10.3. The summed E-state index contributed by atoms with van der Waals surface area (Å²) in [7, 11) is 1.51. The minimum Gasteiger partial charge on any atom is -0.470 e. The van der Waals surface area contributed by atoms with Crippen LogP contribution in [0.15, 0.2) is 6.07 Å². The normalized spacial score (nSPS) is 10.2. The number of methoxy groups -OCH3 is 1. The molecule has 0 unspecified atom stereocenters. The fraction of sp³-hybridized carbons (Fsp3) is 0.444. The molecule has 1 aromatic rings. The van der Waals surface area contributed by atoms with Crippen molar-refractivity contribution >= 4 is 17.3 Å². The van der Waals surface area contributed by atoms with Crippen LogP contribution in [0, 0.1) is 17.0 Å². The minimum atomic E-state index is -0.583. The Hall–Kier alpha value is -1.40. The van der Waals surface area contributed by atoms with E-state index in [1.54, 1.807) is 6.92 Å². The number of aryl methyl sites for hydroxylation is 1. The molecule has 0 saturated heterocycles. The van der Waals surface area contributed by atoms with Crippen LogP contribution in [-0.2, 0) is 4.74 Å². The zero-order valence-electron chi connectivity index (χ0n) is 8.90. The lowest BCUT2D eigenvalue weighted by Gasteiger charge is -2.06. The first-order chi connectivity index (χ1) is 7.56. The summed E-state index contributed by atoms with van der Waals surface area (Å²) in [4.78, 5) is 14.0. The minimum absolute atomic E-state index is 0.0380. The lowest BCUT2D eigenvalue weighted by molar-refractivity contribution is -0.386. The Morgan fingerprint density at radius 1 is 1.56 bits per heavy atom. The van der Waals surface area contributed by atoms with Crippen LogP contribution in [0.3, 0.4) is 0 Å². The van der Waals surface area contributed by atoms with Gasteiger partial charge < -0.3 is 9.47 Å². The highest BCUT2D eigenvalue weighted by Crippen LogP contribution is 2.29. The van der Waals surface area contributed by atoms with Crippen LogP contribution in [0.1, 0.15) is 5.69 Å². The molecule has 7 heteroatoms. The molecule has 16 heavy (non-hydrogen) atoms. The summed E-state index contributed by atoms with van der Waals surface area (Å²) in [5.41, 5.74) is 0.242. The van der Waals surface area contributed by atoms with Crippen LogP contribution >= 0.6 is 11.6 Å². The number of hydrogen-bond donors (Lipinski definition) is 0. The van der Waals surface area contributed by atoms with E-state index < -0.39 is 4.92 Å². The van der Waals surface area contributed by atoms with E-state index in [9.17, 15) is 10.1 Å². The molecule has 0 N–H and O–H groups in total. The van der Waals surface area contributed by atoms with Gasteiger partial charge in [-0.25, -0.2) is 4.98 Å². The number of aromatic nitrogens is 1. The highest BCUT2D eigenvalue weighted by Gasteiger charge is 2.19. The molecular formula is C9H11ClN2O4. The number of ether oxygens (including phenoxy) is 2. The van der Waals surface area contributed by atoms with Crippen molar-refractivity contribution in [3.63, 3.8) is 0 Å². The van der Waals surface area contributed by atoms with Gasteiger partial charge in [0.25, 0.3) is 5.88 Å². The van der Waals surface area contributed by atoms with Gasteiger partial charge in [0.2, 0.25) is 0 Å². The van der Waals surface area contributed by atoms with Crippen molar-refractivity contribution in [1.82, 2.24) is 4.98 Å². The van der Waals surface area contributed by atoms with Gasteiger partial charge in [-0.2, -0.15) is 0 Å². The maximum absolute atomic E-state index is 10.7. The number of hydrogen-bond acceptors (Lipinski definition) is 5. The molecule has 1 aromatic heterocycles. The molecule has 0 saturated carbocycles. The number of halogens is 1. The van der Waals surface area contributed by atoms with E-state index >= 15 is 0 Å². The van der Waals surface area contributed by atoms with Gasteiger partial charge in [-0.3, -0.25) is 10.1 Å². The standard InChI is InChI=1S/C9H11ClN2O4/c1-6-7(10)5-8(12(13)14)9(11-6)16-4-3-15-2/h5H,3-4H2,1-2H3. The third-order valence-corrected chi connectivity index (χ3v) is 2.20. The predicted molar refractivity (Wildman–Crippen MR) is 58.0 cm³/mol.